The van der Waals surface area contributed by atoms with Gasteiger partial charge in [-0.25, -0.2) is 4.98 Å². The molecule has 3 aromatic carbocycles. The van der Waals surface area contributed by atoms with Crippen molar-refractivity contribution in [3.8, 4) is 22.8 Å². The molecular formula is C43H50N4. The van der Waals surface area contributed by atoms with Gasteiger partial charge in [-0.05, 0) is 83.9 Å². The third kappa shape index (κ3) is 11.2. The number of anilines is 3. The lowest BCUT2D eigenvalue weighted by molar-refractivity contribution is 1.22. The second-order valence-electron chi connectivity index (χ2n) is 9.03. The van der Waals surface area contributed by atoms with E-state index in [1.165, 1.54) is 0 Å². The molecule has 0 aliphatic heterocycles. The van der Waals surface area contributed by atoms with Crippen LogP contribution in [0, 0.1) is 0 Å². The van der Waals surface area contributed by atoms with Crippen LogP contribution in [0.25, 0.3) is 34.9 Å². The second kappa shape index (κ2) is 22.2. The lowest BCUT2D eigenvalue weighted by Gasteiger charge is -2.25. The van der Waals surface area contributed by atoms with Gasteiger partial charge in [0.25, 0.3) is 0 Å². The Balaban J connectivity index is 0.000000894. The molecule has 47 heavy (non-hydrogen) atoms. The average Bonchev–Trinajstić information content (AvgIpc) is 3.19. The summed E-state index contributed by atoms with van der Waals surface area (Å²) in [4.78, 5) is 16.1. The Morgan fingerprint density at radius 1 is 0.383 bits per heavy atom. The monoisotopic (exact) mass is 622 g/mol. The van der Waals surface area contributed by atoms with Gasteiger partial charge in [0.2, 0.25) is 0 Å². The van der Waals surface area contributed by atoms with Crippen LogP contribution >= 0.6 is 0 Å². The van der Waals surface area contributed by atoms with Gasteiger partial charge in [0.15, 0.2) is 0 Å². The highest BCUT2D eigenvalue weighted by molar-refractivity contribution is 5.79. The van der Waals surface area contributed by atoms with Crippen molar-refractivity contribution in [1.29, 1.82) is 0 Å². The lowest BCUT2D eigenvalue weighted by Crippen LogP contribution is -2.09. The molecule has 6 rings (SSSR count). The Labute approximate surface area is 283 Å². The molecule has 0 saturated heterocycles. The van der Waals surface area contributed by atoms with E-state index >= 15 is 0 Å². The molecule has 6 aromatic rings. The Morgan fingerprint density at radius 3 is 1.17 bits per heavy atom. The highest BCUT2D eigenvalue weighted by atomic mass is 15.1. The van der Waals surface area contributed by atoms with Crippen molar-refractivity contribution >= 4 is 29.2 Å². The minimum atomic E-state index is 0.815. The zero-order valence-corrected chi connectivity index (χ0v) is 29.3. The maximum absolute atomic E-state index is 4.85. The third-order valence-corrected chi connectivity index (χ3v) is 6.35. The van der Waals surface area contributed by atoms with Gasteiger partial charge < -0.3 is 4.90 Å². The maximum Gasteiger partial charge on any atom is 0.0900 e. The number of nitrogens with zero attached hydrogens (tertiary/aromatic N) is 4. The Hall–Kier alpha value is -5.35. The van der Waals surface area contributed by atoms with E-state index in [0.717, 1.165) is 51.0 Å². The first-order valence-electron chi connectivity index (χ1n) is 16.9. The summed E-state index contributed by atoms with van der Waals surface area (Å²) in [5.74, 6) is 0. The van der Waals surface area contributed by atoms with E-state index in [4.69, 9.17) is 4.98 Å². The average molecular weight is 623 g/mol. The van der Waals surface area contributed by atoms with Crippen molar-refractivity contribution in [2.75, 3.05) is 4.90 Å². The summed E-state index contributed by atoms with van der Waals surface area (Å²) in [6.07, 6.45) is 7.81. The summed E-state index contributed by atoms with van der Waals surface area (Å²) >= 11 is 0. The van der Waals surface area contributed by atoms with Gasteiger partial charge in [-0.2, -0.15) is 0 Å². The number of para-hydroxylation sites is 2. The summed E-state index contributed by atoms with van der Waals surface area (Å²) in [6, 6.07) is 45.3. The van der Waals surface area contributed by atoms with E-state index in [2.05, 4.69) is 112 Å². The van der Waals surface area contributed by atoms with Gasteiger partial charge in [0, 0.05) is 29.5 Å². The molecule has 0 N–H and O–H groups in total. The maximum atomic E-state index is 4.85. The topological polar surface area (TPSA) is 41.9 Å². The minimum Gasteiger partial charge on any atom is -0.311 e. The van der Waals surface area contributed by atoms with Crippen LogP contribution in [-0.4, -0.2) is 15.0 Å². The van der Waals surface area contributed by atoms with Crippen LogP contribution < -0.4 is 4.90 Å². The van der Waals surface area contributed by atoms with Crippen LogP contribution in [0.2, 0.25) is 0 Å². The van der Waals surface area contributed by atoms with E-state index in [0.29, 0.717) is 0 Å². The van der Waals surface area contributed by atoms with E-state index in [1.807, 2.05) is 104 Å². The third-order valence-electron chi connectivity index (χ3n) is 6.35. The van der Waals surface area contributed by atoms with Crippen LogP contribution in [0.5, 0.6) is 0 Å². The van der Waals surface area contributed by atoms with Crippen LogP contribution in [0.1, 0.15) is 66.5 Å². The number of pyridine rings is 3. The predicted octanol–water partition coefficient (Wildman–Crippen LogP) is 13.0. The van der Waals surface area contributed by atoms with Gasteiger partial charge in [0.1, 0.15) is 0 Å². The summed E-state index contributed by atoms with van der Waals surface area (Å²) in [6.45, 7) is 16.0. The molecule has 0 aliphatic rings. The quantitative estimate of drug-likeness (QED) is 0.178. The lowest BCUT2D eigenvalue weighted by atomic mass is 10.1. The first-order chi connectivity index (χ1) is 23.3. The summed E-state index contributed by atoms with van der Waals surface area (Å²) < 4.78 is 0. The zero-order valence-electron chi connectivity index (χ0n) is 29.3. The number of aromatic nitrogens is 3. The zero-order chi connectivity index (χ0) is 34.3. The molecule has 0 unspecified atom stereocenters. The number of rotatable bonds is 7. The largest absolute Gasteiger partial charge is 0.311 e. The predicted molar refractivity (Wildman–Crippen MR) is 206 cm³/mol. The Kier molecular flexibility index (Phi) is 17.9. The molecule has 3 heterocycles. The fourth-order valence-corrected chi connectivity index (χ4v) is 4.47. The van der Waals surface area contributed by atoms with Crippen LogP contribution in [-0.2, 0) is 0 Å². The van der Waals surface area contributed by atoms with Crippen molar-refractivity contribution in [3.63, 3.8) is 0 Å². The second-order valence-corrected chi connectivity index (χ2v) is 9.03. The number of hydrogen-bond donors (Lipinski definition) is 0. The van der Waals surface area contributed by atoms with Crippen molar-refractivity contribution in [2.24, 2.45) is 0 Å². The fraction of sp³-hybridized carbons (Fsp3) is 0.186. The molecule has 4 heteroatoms. The molecule has 242 valence electrons. The van der Waals surface area contributed by atoms with Gasteiger partial charge in [-0.3, -0.25) is 9.97 Å². The summed E-state index contributed by atoms with van der Waals surface area (Å²) in [7, 11) is 0. The first kappa shape index (κ1) is 37.8. The molecule has 4 nitrogen and oxygen atoms in total. The standard InChI is InChI=1S/C35H26N4.4C2H6/c1-3-11-29(12-4-1)39(30-13-5-2-6-14-30)31-21-19-27(20-22-31)17-18-28-25-34(32-15-7-9-23-36-32)38-35(26-28)33-16-8-10-24-37-33;4*1-2/h1-26H;4*1-2H3/b18-17+;;;;. The van der Waals surface area contributed by atoms with Crippen molar-refractivity contribution < 1.29 is 0 Å². The van der Waals surface area contributed by atoms with Crippen LogP contribution in [0.4, 0.5) is 17.1 Å². The highest BCUT2D eigenvalue weighted by Crippen LogP contribution is 2.34. The van der Waals surface area contributed by atoms with Crippen molar-refractivity contribution in [1.82, 2.24) is 15.0 Å². The molecule has 0 bridgehead atoms. The molecule has 3 aromatic heterocycles. The molecule has 0 amide bonds. The normalized spacial score (nSPS) is 9.62. The highest BCUT2D eigenvalue weighted by Gasteiger charge is 2.11. The van der Waals surface area contributed by atoms with Gasteiger partial charge in [-0.1, -0.05) is 128 Å². The molecule has 0 fully saturated rings. The summed E-state index contributed by atoms with van der Waals surface area (Å²) in [5, 5.41) is 0. The van der Waals surface area contributed by atoms with E-state index in [9.17, 15) is 0 Å². The number of hydrogen-bond acceptors (Lipinski definition) is 4. The Bertz CT molecular complexity index is 1570. The molecular weight excluding hydrogens is 573 g/mol. The SMILES string of the molecule is C(=C\c1cc(-c2ccccn2)nc(-c2ccccn2)c1)/c1ccc(N(c2ccccc2)c2ccccc2)cc1.CC.CC.CC.CC. The minimum absolute atomic E-state index is 0.815. The summed E-state index contributed by atoms with van der Waals surface area (Å²) in [5.41, 5.74) is 8.77. The van der Waals surface area contributed by atoms with Crippen molar-refractivity contribution in [3.05, 3.63) is 157 Å². The molecule has 0 spiro atoms. The number of benzene rings is 3. The van der Waals surface area contributed by atoms with E-state index < -0.39 is 0 Å². The van der Waals surface area contributed by atoms with Gasteiger partial charge in [0.05, 0.1) is 22.8 Å². The molecule has 0 saturated carbocycles. The fourth-order valence-electron chi connectivity index (χ4n) is 4.47. The molecule has 0 radical (unpaired) electrons. The van der Waals surface area contributed by atoms with E-state index in [1.54, 1.807) is 12.4 Å². The molecule has 0 atom stereocenters. The van der Waals surface area contributed by atoms with Gasteiger partial charge >= 0.3 is 0 Å². The van der Waals surface area contributed by atoms with Crippen molar-refractivity contribution in [2.45, 2.75) is 55.4 Å². The molecule has 0 aliphatic carbocycles. The first-order valence-corrected chi connectivity index (χ1v) is 16.9. The Morgan fingerprint density at radius 2 is 0.766 bits per heavy atom. The van der Waals surface area contributed by atoms with E-state index in [-0.39, 0.29) is 0 Å². The van der Waals surface area contributed by atoms with Gasteiger partial charge in [-0.15, -0.1) is 0 Å². The van der Waals surface area contributed by atoms with Crippen LogP contribution in [0.3, 0.4) is 0 Å². The van der Waals surface area contributed by atoms with Crippen LogP contribution in [0.15, 0.2) is 146 Å². The smallest absolute Gasteiger partial charge is 0.0900 e.